The van der Waals surface area contributed by atoms with Gasteiger partial charge in [0.05, 0.1) is 12.2 Å². The quantitative estimate of drug-likeness (QED) is 0.703. The zero-order chi connectivity index (χ0) is 9.14. The van der Waals surface area contributed by atoms with Crippen LogP contribution in [0.2, 0.25) is 0 Å². The summed E-state index contributed by atoms with van der Waals surface area (Å²) in [7, 11) is 0. The Morgan fingerprint density at radius 1 is 1.50 bits per heavy atom. The Kier molecular flexibility index (Phi) is 3.53. The molecule has 2 heteroatoms. The first-order valence-corrected chi connectivity index (χ1v) is 4.91. The summed E-state index contributed by atoms with van der Waals surface area (Å²) in [6.45, 7) is 7.23. The van der Waals surface area contributed by atoms with Gasteiger partial charge in [0.2, 0.25) is 0 Å². The van der Waals surface area contributed by atoms with E-state index < -0.39 is 0 Å². The maximum atomic E-state index is 9.76. The van der Waals surface area contributed by atoms with E-state index in [2.05, 4.69) is 20.8 Å². The largest absolute Gasteiger partial charge is 0.390 e. The predicted molar refractivity (Wildman–Crippen MR) is 49.0 cm³/mol. The van der Waals surface area contributed by atoms with Gasteiger partial charge in [-0.2, -0.15) is 0 Å². The average Bonchev–Trinajstić information content (AvgIpc) is 2.33. The first kappa shape index (κ1) is 10.0. The van der Waals surface area contributed by atoms with Crippen LogP contribution < -0.4 is 0 Å². The molecule has 0 spiro atoms. The summed E-state index contributed by atoms with van der Waals surface area (Å²) in [5.74, 6) is 1.08. The molecule has 0 unspecified atom stereocenters. The highest BCUT2D eigenvalue weighted by molar-refractivity contribution is 4.79. The summed E-state index contributed by atoms with van der Waals surface area (Å²) in [6.07, 6.45) is 1.78. The normalized spacial score (nSPS) is 32.8. The van der Waals surface area contributed by atoms with Crippen molar-refractivity contribution in [3.05, 3.63) is 0 Å². The highest BCUT2D eigenvalue weighted by Gasteiger charge is 2.30. The molecule has 1 aliphatic rings. The lowest BCUT2D eigenvalue weighted by Gasteiger charge is -2.22. The van der Waals surface area contributed by atoms with Crippen LogP contribution in [0.4, 0.5) is 0 Å². The zero-order valence-electron chi connectivity index (χ0n) is 8.29. The molecular formula is C10H20O2. The van der Waals surface area contributed by atoms with Crippen molar-refractivity contribution >= 4 is 0 Å². The summed E-state index contributed by atoms with van der Waals surface area (Å²) < 4.78 is 5.48. The van der Waals surface area contributed by atoms with Crippen molar-refractivity contribution in [2.75, 3.05) is 6.61 Å². The Bertz CT molecular complexity index is 134. The summed E-state index contributed by atoms with van der Waals surface area (Å²) >= 11 is 0. The Balaban J connectivity index is 2.35. The molecule has 1 aliphatic heterocycles. The molecule has 0 bridgehead atoms. The number of hydrogen-bond donors (Lipinski definition) is 1. The number of aliphatic hydroxyl groups excluding tert-OH is 1. The number of rotatable bonds is 3. The molecule has 0 aromatic carbocycles. The van der Waals surface area contributed by atoms with Crippen molar-refractivity contribution in [1.29, 1.82) is 0 Å². The van der Waals surface area contributed by atoms with Crippen LogP contribution in [0.25, 0.3) is 0 Å². The van der Waals surface area contributed by atoms with Gasteiger partial charge in [0, 0.05) is 6.61 Å². The SMILES string of the molecule is CC(C)C[C@@H](O)[C@H]1OCC[C@@H]1C. The molecule has 0 aromatic rings. The van der Waals surface area contributed by atoms with Crippen LogP contribution in [0.1, 0.15) is 33.6 Å². The second-order valence-corrected chi connectivity index (χ2v) is 4.30. The molecule has 0 amide bonds. The molecule has 1 saturated heterocycles. The van der Waals surface area contributed by atoms with Gasteiger partial charge in [-0.3, -0.25) is 0 Å². The lowest BCUT2D eigenvalue weighted by Crippen LogP contribution is -2.31. The Morgan fingerprint density at radius 2 is 2.17 bits per heavy atom. The third-order valence-electron chi connectivity index (χ3n) is 2.54. The van der Waals surface area contributed by atoms with E-state index in [1.54, 1.807) is 0 Å². The van der Waals surface area contributed by atoms with Gasteiger partial charge < -0.3 is 9.84 Å². The summed E-state index contributed by atoms with van der Waals surface area (Å²) in [4.78, 5) is 0. The van der Waals surface area contributed by atoms with Crippen molar-refractivity contribution in [3.63, 3.8) is 0 Å². The smallest absolute Gasteiger partial charge is 0.0860 e. The van der Waals surface area contributed by atoms with E-state index in [9.17, 15) is 5.11 Å². The standard InChI is InChI=1S/C10H20O2/c1-7(2)6-9(11)10-8(3)4-5-12-10/h7-11H,4-6H2,1-3H3/t8-,9+,10-/m0/s1. The molecule has 1 fully saturated rings. The minimum absolute atomic E-state index is 0.0902. The third-order valence-corrected chi connectivity index (χ3v) is 2.54. The number of hydrogen-bond acceptors (Lipinski definition) is 2. The summed E-state index contributed by atoms with van der Waals surface area (Å²) in [6, 6.07) is 0. The Morgan fingerprint density at radius 3 is 2.58 bits per heavy atom. The first-order chi connectivity index (χ1) is 5.61. The fourth-order valence-electron chi connectivity index (χ4n) is 1.83. The molecular weight excluding hydrogens is 152 g/mol. The predicted octanol–water partition coefficient (Wildman–Crippen LogP) is 1.82. The molecule has 0 radical (unpaired) electrons. The van der Waals surface area contributed by atoms with Crippen molar-refractivity contribution < 1.29 is 9.84 Å². The summed E-state index contributed by atoms with van der Waals surface area (Å²) in [5.41, 5.74) is 0. The van der Waals surface area contributed by atoms with Gasteiger partial charge in [0.25, 0.3) is 0 Å². The molecule has 3 atom stereocenters. The van der Waals surface area contributed by atoms with E-state index in [4.69, 9.17) is 4.74 Å². The van der Waals surface area contributed by atoms with Crippen LogP contribution in [0.5, 0.6) is 0 Å². The lowest BCUT2D eigenvalue weighted by atomic mass is 9.94. The molecule has 0 aliphatic carbocycles. The summed E-state index contributed by atoms with van der Waals surface area (Å²) in [5, 5.41) is 9.76. The van der Waals surface area contributed by atoms with Gasteiger partial charge in [-0.15, -0.1) is 0 Å². The van der Waals surface area contributed by atoms with Gasteiger partial charge in [0.1, 0.15) is 0 Å². The highest BCUT2D eigenvalue weighted by Crippen LogP contribution is 2.25. The highest BCUT2D eigenvalue weighted by atomic mass is 16.5. The van der Waals surface area contributed by atoms with E-state index in [1.807, 2.05) is 0 Å². The van der Waals surface area contributed by atoms with Crippen LogP contribution in [0.3, 0.4) is 0 Å². The fraction of sp³-hybridized carbons (Fsp3) is 1.00. The Hall–Kier alpha value is -0.0800. The molecule has 12 heavy (non-hydrogen) atoms. The topological polar surface area (TPSA) is 29.5 Å². The Labute approximate surface area is 74.9 Å². The molecule has 1 heterocycles. The number of aliphatic hydroxyl groups is 1. The van der Waals surface area contributed by atoms with E-state index in [0.29, 0.717) is 11.8 Å². The van der Waals surface area contributed by atoms with Crippen molar-refractivity contribution in [3.8, 4) is 0 Å². The van der Waals surface area contributed by atoms with Gasteiger partial charge in [-0.05, 0) is 24.7 Å². The maximum Gasteiger partial charge on any atom is 0.0860 e. The molecule has 1 N–H and O–H groups in total. The maximum absolute atomic E-state index is 9.76. The van der Waals surface area contributed by atoms with E-state index >= 15 is 0 Å². The van der Waals surface area contributed by atoms with Crippen molar-refractivity contribution in [1.82, 2.24) is 0 Å². The van der Waals surface area contributed by atoms with Gasteiger partial charge >= 0.3 is 0 Å². The molecule has 0 saturated carbocycles. The molecule has 72 valence electrons. The second kappa shape index (κ2) is 4.24. The third kappa shape index (κ3) is 2.46. The van der Waals surface area contributed by atoms with E-state index in [1.165, 1.54) is 0 Å². The number of ether oxygens (including phenoxy) is 1. The van der Waals surface area contributed by atoms with Crippen LogP contribution >= 0.6 is 0 Å². The van der Waals surface area contributed by atoms with Crippen LogP contribution in [0.15, 0.2) is 0 Å². The fourth-order valence-corrected chi connectivity index (χ4v) is 1.83. The average molecular weight is 172 g/mol. The minimum Gasteiger partial charge on any atom is -0.390 e. The monoisotopic (exact) mass is 172 g/mol. The molecule has 1 rings (SSSR count). The first-order valence-electron chi connectivity index (χ1n) is 4.91. The van der Waals surface area contributed by atoms with Crippen molar-refractivity contribution in [2.24, 2.45) is 11.8 Å². The van der Waals surface area contributed by atoms with Gasteiger partial charge in [0.15, 0.2) is 0 Å². The molecule has 0 aromatic heterocycles. The van der Waals surface area contributed by atoms with Gasteiger partial charge in [-0.1, -0.05) is 20.8 Å². The van der Waals surface area contributed by atoms with Crippen LogP contribution in [-0.2, 0) is 4.74 Å². The van der Waals surface area contributed by atoms with Crippen LogP contribution in [-0.4, -0.2) is 23.9 Å². The van der Waals surface area contributed by atoms with E-state index in [-0.39, 0.29) is 12.2 Å². The molecule has 2 nitrogen and oxygen atoms in total. The lowest BCUT2D eigenvalue weighted by molar-refractivity contribution is -0.0252. The van der Waals surface area contributed by atoms with E-state index in [0.717, 1.165) is 19.4 Å². The minimum atomic E-state index is -0.262. The van der Waals surface area contributed by atoms with Gasteiger partial charge in [-0.25, -0.2) is 0 Å². The zero-order valence-corrected chi connectivity index (χ0v) is 8.29. The van der Waals surface area contributed by atoms with Crippen molar-refractivity contribution in [2.45, 2.75) is 45.8 Å². The van der Waals surface area contributed by atoms with Crippen LogP contribution in [0, 0.1) is 11.8 Å². The second-order valence-electron chi connectivity index (χ2n) is 4.30.